The van der Waals surface area contributed by atoms with E-state index in [2.05, 4.69) is 22.8 Å². The number of benzene rings is 2. The van der Waals surface area contributed by atoms with Crippen LogP contribution < -0.4 is 20.2 Å². The zero-order valence-electron chi connectivity index (χ0n) is 24.0. The van der Waals surface area contributed by atoms with Crippen molar-refractivity contribution in [3.63, 3.8) is 0 Å². The first-order valence-electron chi connectivity index (χ1n) is 13.7. The van der Waals surface area contributed by atoms with Gasteiger partial charge in [-0.1, -0.05) is 36.7 Å². The van der Waals surface area contributed by atoms with Crippen LogP contribution in [-0.4, -0.2) is 43.7 Å². The van der Waals surface area contributed by atoms with Gasteiger partial charge in [0, 0.05) is 15.0 Å². The van der Waals surface area contributed by atoms with Crippen LogP contribution in [0.25, 0.3) is 10.1 Å². The molecule has 2 N–H and O–H groups in total. The number of nitrogens with one attached hydrogen (secondary N) is 2. The summed E-state index contributed by atoms with van der Waals surface area (Å²) in [5.41, 5.74) is 3.86. The lowest BCUT2D eigenvalue weighted by atomic mass is 9.88. The first-order chi connectivity index (χ1) is 21.2. The lowest BCUT2D eigenvalue weighted by Crippen LogP contribution is -2.32. The third-order valence-corrected chi connectivity index (χ3v) is 9.74. The molecule has 0 radical (unpaired) electrons. The van der Waals surface area contributed by atoms with E-state index in [1.807, 2.05) is 24.3 Å². The van der Waals surface area contributed by atoms with Gasteiger partial charge in [-0.2, -0.15) is 5.10 Å². The van der Waals surface area contributed by atoms with Gasteiger partial charge in [-0.3, -0.25) is 9.59 Å². The highest BCUT2D eigenvalue weighted by Crippen LogP contribution is 2.40. The van der Waals surface area contributed by atoms with Gasteiger partial charge in [0.15, 0.2) is 11.5 Å². The number of thiophene rings is 2. The molecule has 1 aliphatic rings. The van der Waals surface area contributed by atoms with Crippen LogP contribution in [0.15, 0.2) is 47.6 Å². The van der Waals surface area contributed by atoms with Crippen molar-refractivity contribution in [1.82, 2.24) is 5.43 Å². The number of anilines is 1. The lowest BCUT2D eigenvalue weighted by molar-refractivity contribution is -0.136. The van der Waals surface area contributed by atoms with E-state index in [0.717, 1.165) is 33.4 Å². The Kier molecular flexibility index (Phi) is 9.62. The Hall–Kier alpha value is -4.26. The normalized spacial score (nSPS) is 14.2. The molecule has 1 unspecified atom stereocenters. The van der Waals surface area contributed by atoms with Gasteiger partial charge in [-0.25, -0.2) is 15.0 Å². The number of hydrogen-bond acceptors (Lipinski definition) is 10. The predicted molar refractivity (Wildman–Crippen MR) is 171 cm³/mol. The van der Waals surface area contributed by atoms with Crippen molar-refractivity contribution >= 4 is 79.3 Å². The average Bonchev–Trinajstić information content (AvgIpc) is 3.54. The quantitative estimate of drug-likeness (QED) is 0.0757. The number of fused-ring (bicyclic) bond motifs is 2. The maximum atomic E-state index is 12.9. The van der Waals surface area contributed by atoms with Crippen molar-refractivity contribution < 1.29 is 33.4 Å². The topological polar surface area (TPSA) is 132 Å². The molecule has 0 aliphatic heterocycles. The largest absolute Gasteiger partial charge is 0.493 e. The number of methoxy groups -OCH3 is 1. The fourth-order valence-corrected chi connectivity index (χ4v) is 7.55. The zero-order valence-corrected chi connectivity index (χ0v) is 26.4. The van der Waals surface area contributed by atoms with E-state index in [1.54, 1.807) is 19.1 Å². The number of hydrazone groups is 1. The fraction of sp³-hybridized carbons (Fsp3) is 0.258. The Labute approximate surface area is 266 Å². The number of esters is 2. The van der Waals surface area contributed by atoms with Crippen molar-refractivity contribution in [2.45, 2.75) is 33.1 Å². The zero-order chi connectivity index (χ0) is 31.4. The van der Waals surface area contributed by atoms with Gasteiger partial charge >= 0.3 is 23.8 Å². The highest BCUT2D eigenvalue weighted by atomic mass is 35.5. The van der Waals surface area contributed by atoms with Gasteiger partial charge in [-0.15, -0.1) is 22.7 Å². The molecule has 1 aliphatic carbocycles. The second-order valence-electron chi connectivity index (χ2n) is 9.97. The van der Waals surface area contributed by atoms with Crippen LogP contribution in [0.1, 0.15) is 56.3 Å². The Bertz CT molecular complexity index is 1800. The number of carbonyl (C=O) groups excluding carboxylic acids is 4. The number of rotatable bonds is 8. The van der Waals surface area contributed by atoms with E-state index in [4.69, 9.17) is 25.8 Å². The van der Waals surface area contributed by atoms with E-state index in [-0.39, 0.29) is 23.0 Å². The summed E-state index contributed by atoms with van der Waals surface area (Å²) in [6, 6.07) is 12.1. The monoisotopic (exact) mass is 653 g/mol. The molecule has 44 heavy (non-hydrogen) atoms. The van der Waals surface area contributed by atoms with Crippen molar-refractivity contribution in [3.8, 4) is 11.5 Å². The van der Waals surface area contributed by atoms with Crippen LogP contribution in [0.2, 0.25) is 5.02 Å². The molecule has 2 amide bonds. The van der Waals surface area contributed by atoms with E-state index in [9.17, 15) is 19.2 Å². The summed E-state index contributed by atoms with van der Waals surface area (Å²) in [6.07, 6.45) is 3.72. The van der Waals surface area contributed by atoms with Crippen LogP contribution in [-0.2, 0) is 27.2 Å². The lowest BCUT2D eigenvalue weighted by Gasteiger charge is -2.18. The minimum Gasteiger partial charge on any atom is -0.493 e. The van der Waals surface area contributed by atoms with E-state index < -0.39 is 23.8 Å². The van der Waals surface area contributed by atoms with Crippen molar-refractivity contribution in [2.75, 3.05) is 19.0 Å². The van der Waals surface area contributed by atoms with Gasteiger partial charge in [0.05, 0.1) is 30.5 Å². The third-order valence-electron chi connectivity index (χ3n) is 6.91. The van der Waals surface area contributed by atoms with Gasteiger partial charge < -0.3 is 19.5 Å². The summed E-state index contributed by atoms with van der Waals surface area (Å²) in [5.74, 6) is -2.28. The Morgan fingerprint density at radius 2 is 1.86 bits per heavy atom. The van der Waals surface area contributed by atoms with E-state index >= 15 is 0 Å². The predicted octanol–water partition coefficient (Wildman–Crippen LogP) is 6.23. The third kappa shape index (κ3) is 6.62. The van der Waals surface area contributed by atoms with E-state index in [0.29, 0.717) is 33.5 Å². The molecule has 228 valence electrons. The molecule has 1 atom stereocenters. The molecule has 0 fully saturated rings. The molecule has 2 aromatic heterocycles. The van der Waals surface area contributed by atoms with E-state index in [1.165, 1.54) is 42.1 Å². The Balaban J connectivity index is 1.23. The molecular formula is C31H28ClN3O7S2. The number of hydrogen-bond donors (Lipinski definition) is 2. The summed E-state index contributed by atoms with van der Waals surface area (Å²) < 4.78 is 17.0. The molecule has 5 rings (SSSR count). The summed E-state index contributed by atoms with van der Waals surface area (Å²) >= 11 is 8.93. The molecule has 2 heterocycles. The summed E-state index contributed by atoms with van der Waals surface area (Å²) in [5, 5.41) is 7.80. The molecule has 10 nitrogen and oxygen atoms in total. The van der Waals surface area contributed by atoms with Crippen LogP contribution in [0.5, 0.6) is 11.5 Å². The summed E-state index contributed by atoms with van der Waals surface area (Å²) in [7, 11) is 1.42. The van der Waals surface area contributed by atoms with Crippen LogP contribution in [0.4, 0.5) is 5.00 Å². The Morgan fingerprint density at radius 1 is 1.07 bits per heavy atom. The summed E-state index contributed by atoms with van der Waals surface area (Å²) in [6.45, 7) is 4.03. The van der Waals surface area contributed by atoms with Gasteiger partial charge in [0.1, 0.15) is 9.88 Å². The molecule has 0 spiro atoms. The second-order valence-corrected chi connectivity index (χ2v) is 12.5. The Morgan fingerprint density at radius 3 is 2.61 bits per heavy atom. The number of ether oxygens (including phenoxy) is 3. The first kappa shape index (κ1) is 31.2. The van der Waals surface area contributed by atoms with Gasteiger partial charge in [-0.05, 0) is 67.5 Å². The van der Waals surface area contributed by atoms with Crippen molar-refractivity contribution in [3.05, 3.63) is 73.9 Å². The molecule has 0 saturated heterocycles. The first-order valence-corrected chi connectivity index (χ1v) is 15.7. The number of nitrogens with zero attached hydrogens (tertiary/aromatic N) is 1. The summed E-state index contributed by atoms with van der Waals surface area (Å²) in [4.78, 5) is 52.1. The maximum absolute atomic E-state index is 12.9. The molecule has 4 aromatic rings. The molecular weight excluding hydrogens is 626 g/mol. The SMILES string of the molecule is CCOC(=O)c1c(NC(=O)C(=O)N/N=C/c2ccc(OC(=O)c3sc4ccccc4c3Cl)c(OC)c2)sc2c1CCC(C)C2. The highest BCUT2D eigenvalue weighted by molar-refractivity contribution is 7.21. The maximum Gasteiger partial charge on any atom is 0.355 e. The second kappa shape index (κ2) is 13.6. The number of halogens is 1. The average molecular weight is 654 g/mol. The van der Waals surface area contributed by atoms with Crippen LogP contribution in [0.3, 0.4) is 0 Å². The van der Waals surface area contributed by atoms with Gasteiger partial charge in [0.2, 0.25) is 0 Å². The fourth-order valence-electron chi connectivity index (χ4n) is 4.77. The highest BCUT2D eigenvalue weighted by Gasteiger charge is 2.30. The molecule has 2 aromatic carbocycles. The number of carbonyl (C=O) groups is 4. The smallest absolute Gasteiger partial charge is 0.355 e. The molecule has 0 saturated carbocycles. The van der Waals surface area contributed by atoms with Crippen LogP contribution >= 0.6 is 34.3 Å². The van der Waals surface area contributed by atoms with Crippen molar-refractivity contribution in [2.24, 2.45) is 11.0 Å². The molecule has 13 heteroatoms. The minimum absolute atomic E-state index is 0.164. The minimum atomic E-state index is -1.02. The molecule has 0 bridgehead atoms. The van der Waals surface area contributed by atoms with Crippen molar-refractivity contribution in [1.29, 1.82) is 0 Å². The van der Waals surface area contributed by atoms with Crippen LogP contribution in [0, 0.1) is 5.92 Å². The van der Waals surface area contributed by atoms with Gasteiger partial charge in [0.25, 0.3) is 0 Å². The standard InChI is InChI=1S/C31H28ClN3O7S2/c1-4-41-30(38)24-18-11-9-16(2)13-23(18)44-29(24)34-27(36)28(37)35-33-15-17-10-12-20(21(14-17)40-3)42-31(39)26-25(32)19-7-5-6-8-22(19)43-26/h5-8,10,12,14-16H,4,9,11,13H2,1-3H3,(H,34,36)(H,35,37)/b33-15+. The number of amides is 2.